The molecule has 0 spiro atoms. The number of benzene rings is 1. The van der Waals surface area contributed by atoms with Crippen LogP contribution in [0.5, 0.6) is 0 Å². The van der Waals surface area contributed by atoms with Crippen molar-refractivity contribution in [3.63, 3.8) is 0 Å². The first-order valence-corrected chi connectivity index (χ1v) is 4.47. The number of hydrogen-bond acceptors (Lipinski definition) is 2. The molecule has 0 fully saturated rings. The van der Waals surface area contributed by atoms with Gasteiger partial charge in [-0.05, 0) is 19.1 Å². The molecule has 16 heavy (non-hydrogen) atoms. The molecule has 1 aromatic rings. The second kappa shape index (κ2) is 4.14. The molecule has 0 aliphatic heterocycles. The Kier molecular flexibility index (Phi) is 3.24. The van der Waals surface area contributed by atoms with E-state index in [1.807, 2.05) is 0 Å². The van der Waals surface area contributed by atoms with Crippen LogP contribution in [0, 0.1) is 11.3 Å². The van der Waals surface area contributed by atoms with Crippen LogP contribution in [0.4, 0.5) is 13.2 Å². The standard InChI is InChI=1S/C10H5ClF3NO/c1-5(16)6-2-8(10(12,13)14)7(4-15)9(11)3-6/h2-3H,1H3. The number of carbonyl (C=O) groups excluding carboxylic acids is 1. The van der Waals surface area contributed by atoms with E-state index in [4.69, 9.17) is 16.9 Å². The molecule has 0 radical (unpaired) electrons. The third-order valence-electron chi connectivity index (χ3n) is 1.91. The predicted octanol–water partition coefficient (Wildman–Crippen LogP) is 3.43. The van der Waals surface area contributed by atoms with Gasteiger partial charge in [0.1, 0.15) is 6.07 Å². The Balaban J connectivity index is 3.57. The fourth-order valence-electron chi connectivity index (χ4n) is 1.15. The first-order valence-electron chi connectivity index (χ1n) is 4.09. The van der Waals surface area contributed by atoms with Gasteiger partial charge in [-0.2, -0.15) is 18.4 Å². The van der Waals surface area contributed by atoms with E-state index in [9.17, 15) is 18.0 Å². The summed E-state index contributed by atoms with van der Waals surface area (Å²) in [5.74, 6) is -0.545. The minimum atomic E-state index is -4.71. The molecule has 0 atom stereocenters. The number of ketones is 1. The molecule has 0 N–H and O–H groups in total. The Morgan fingerprint density at radius 2 is 2.00 bits per heavy atom. The topological polar surface area (TPSA) is 40.9 Å². The number of halogens is 4. The van der Waals surface area contributed by atoms with Crippen LogP contribution < -0.4 is 0 Å². The van der Waals surface area contributed by atoms with E-state index < -0.39 is 23.1 Å². The summed E-state index contributed by atoms with van der Waals surface area (Å²) in [5.41, 5.74) is -2.02. The number of Topliss-reactive ketones (excluding diaryl/α,β-unsaturated/α-hetero) is 1. The first kappa shape index (κ1) is 12.5. The molecule has 0 amide bonds. The van der Waals surface area contributed by atoms with Gasteiger partial charge in [-0.1, -0.05) is 11.6 Å². The van der Waals surface area contributed by atoms with Crippen LogP contribution in [0.1, 0.15) is 28.4 Å². The minimum absolute atomic E-state index is 0.170. The number of hydrogen-bond donors (Lipinski definition) is 0. The van der Waals surface area contributed by atoms with Gasteiger partial charge in [-0.25, -0.2) is 0 Å². The van der Waals surface area contributed by atoms with Crippen LogP contribution in [0.2, 0.25) is 5.02 Å². The van der Waals surface area contributed by atoms with Crippen molar-refractivity contribution in [1.82, 2.24) is 0 Å². The van der Waals surface area contributed by atoms with Crippen LogP contribution >= 0.6 is 11.6 Å². The van der Waals surface area contributed by atoms with Crippen molar-refractivity contribution >= 4 is 17.4 Å². The van der Waals surface area contributed by atoms with Crippen molar-refractivity contribution in [1.29, 1.82) is 5.26 Å². The lowest BCUT2D eigenvalue weighted by molar-refractivity contribution is -0.137. The highest BCUT2D eigenvalue weighted by Crippen LogP contribution is 2.35. The van der Waals surface area contributed by atoms with Gasteiger partial charge in [0.2, 0.25) is 0 Å². The van der Waals surface area contributed by atoms with Gasteiger partial charge in [0.25, 0.3) is 0 Å². The molecular formula is C10H5ClF3NO. The Morgan fingerprint density at radius 1 is 1.44 bits per heavy atom. The maximum Gasteiger partial charge on any atom is 0.417 e. The van der Waals surface area contributed by atoms with Crippen LogP contribution in [-0.2, 0) is 6.18 Å². The highest BCUT2D eigenvalue weighted by atomic mass is 35.5. The largest absolute Gasteiger partial charge is 0.417 e. The number of rotatable bonds is 1. The summed E-state index contributed by atoms with van der Waals surface area (Å²) < 4.78 is 37.6. The quantitative estimate of drug-likeness (QED) is 0.714. The smallest absolute Gasteiger partial charge is 0.295 e. The molecule has 0 aliphatic rings. The Hall–Kier alpha value is -1.54. The van der Waals surface area contributed by atoms with E-state index in [2.05, 4.69) is 0 Å². The normalized spacial score (nSPS) is 11.0. The van der Waals surface area contributed by atoms with E-state index in [0.29, 0.717) is 6.07 Å². The molecule has 0 aromatic heterocycles. The molecule has 2 nitrogen and oxygen atoms in total. The van der Waals surface area contributed by atoms with Crippen LogP contribution in [0.25, 0.3) is 0 Å². The maximum absolute atomic E-state index is 12.5. The fraction of sp³-hybridized carbons (Fsp3) is 0.200. The van der Waals surface area contributed by atoms with E-state index in [0.717, 1.165) is 13.0 Å². The van der Waals surface area contributed by atoms with Gasteiger partial charge in [-0.15, -0.1) is 0 Å². The van der Waals surface area contributed by atoms with Crippen LogP contribution in [-0.4, -0.2) is 5.78 Å². The molecule has 1 rings (SSSR count). The van der Waals surface area contributed by atoms with Gasteiger partial charge in [0.05, 0.1) is 16.1 Å². The lowest BCUT2D eigenvalue weighted by Crippen LogP contribution is -2.10. The summed E-state index contributed by atoms with van der Waals surface area (Å²) in [6.07, 6.45) is -4.71. The van der Waals surface area contributed by atoms with Crippen molar-refractivity contribution in [2.45, 2.75) is 13.1 Å². The lowest BCUT2D eigenvalue weighted by Gasteiger charge is -2.11. The molecule has 0 saturated carbocycles. The Labute approximate surface area is 94.2 Å². The maximum atomic E-state index is 12.5. The number of nitriles is 1. The SMILES string of the molecule is CC(=O)c1cc(Cl)c(C#N)c(C(F)(F)F)c1. The number of carbonyl (C=O) groups is 1. The molecule has 0 aliphatic carbocycles. The molecule has 6 heteroatoms. The molecule has 0 unspecified atom stereocenters. The summed E-state index contributed by atoms with van der Waals surface area (Å²) in [7, 11) is 0. The summed E-state index contributed by atoms with van der Waals surface area (Å²) in [6.45, 7) is 1.12. The van der Waals surface area contributed by atoms with Crippen LogP contribution in [0.15, 0.2) is 12.1 Å². The summed E-state index contributed by atoms with van der Waals surface area (Å²) in [4.78, 5) is 11.0. The van der Waals surface area contributed by atoms with E-state index in [-0.39, 0.29) is 10.6 Å². The molecule has 1 aromatic carbocycles. The van der Waals surface area contributed by atoms with Crippen LogP contribution in [0.3, 0.4) is 0 Å². The molecule has 84 valence electrons. The minimum Gasteiger partial charge on any atom is -0.295 e. The zero-order valence-corrected chi connectivity index (χ0v) is 8.78. The summed E-state index contributed by atoms with van der Waals surface area (Å²) in [5, 5.41) is 8.20. The van der Waals surface area contributed by atoms with E-state index in [1.165, 1.54) is 6.07 Å². The predicted molar refractivity (Wildman–Crippen MR) is 51.2 cm³/mol. The first-order chi connectivity index (χ1) is 7.27. The highest BCUT2D eigenvalue weighted by Gasteiger charge is 2.35. The third kappa shape index (κ3) is 2.34. The van der Waals surface area contributed by atoms with Crippen molar-refractivity contribution < 1.29 is 18.0 Å². The third-order valence-corrected chi connectivity index (χ3v) is 2.21. The summed E-state index contributed by atoms with van der Waals surface area (Å²) >= 11 is 5.51. The monoisotopic (exact) mass is 247 g/mol. The molecule has 0 saturated heterocycles. The van der Waals surface area contributed by atoms with Gasteiger partial charge in [-0.3, -0.25) is 4.79 Å². The van der Waals surface area contributed by atoms with Gasteiger partial charge in [0, 0.05) is 5.56 Å². The average molecular weight is 248 g/mol. The summed E-state index contributed by atoms with van der Waals surface area (Å²) in [6, 6.07) is 3.06. The average Bonchev–Trinajstić information content (AvgIpc) is 2.14. The second-order valence-electron chi connectivity index (χ2n) is 3.05. The molecule has 0 bridgehead atoms. The number of alkyl halides is 3. The molecular weight excluding hydrogens is 243 g/mol. The van der Waals surface area contributed by atoms with Crippen molar-refractivity contribution in [3.8, 4) is 6.07 Å². The zero-order chi connectivity index (χ0) is 12.5. The van der Waals surface area contributed by atoms with Crippen molar-refractivity contribution in [2.75, 3.05) is 0 Å². The van der Waals surface area contributed by atoms with Gasteiger partial charge in [0.15, 0.2) is 5.78 Å². The van der Waals surface area contributed by atoms with Crippen molar-refractivity contribution in [3.05, 3.63) is 33.8 Å². The van der Waals surface area contributed by atoms with E-state index in [1.54, 1.807) is 0 Å². The van der Waals surface area contributed by atoms with E-state index >= 15 is 0 Å². The fourth-order valence-corrected chi connectivity index (χ4v) is 1.41. The highest BCUT2D eigenvalue weighted by molar-refractivity contribution is 6.32. The number of nitrogens with zero attached hydrogens (tertiary/aromatic N) is 1. The Morgan fingerprint density at radius 3 is 2.38 bits per heavy atom. The lowest BCUT2D eigenvalue weighted by atomic mass is 10.0. The molecule has 0 heterocycles. The van der Waals surface area contributed by atoms with Gasteiger partial charge >= 0.3 is 6.18 Å². The second-order valence-corrected chi connectivity index (χ2v) is 3.45. The Bertz CT molecular complexity index is 488. The van der Waals surface area contributed by atoms with Gasteiger partial charge < -0.3 is 0 Å². The van der Waals surface area contributed by atoms with Crippen molar-refractivity contribution in [2.24, 2.45) is 0 Å². The zero-order valence-electron chi connectivity index (χ0n) is 8.02.